The molecule has 0 bridgehead atoms. The molecule has 1 aromatic rings. The van der Waals surface area contributed by atoms with Gasteiger partial charge in [0.15, 0.2) is 0 Å². The van der Waals surface area contributed by atoms with Gasteiger partial charge in [-0.25, -0.2) is 0 Å². The molecule has 0 saturated heterocycles. The molecule has 4 heteroatoms. The lowest BCUT2D eigenvalue weighted by Crippen LogP contribution is -2.19. The fourth-order valence-corrected chi connectivity index (χ4v) is 1.05. The van der Waals surface area contributed by atoms with Gasteiger partial charge in [0.1, 0.15) is 11.7 Å². The lowest BCUT2D eigenvalue weighted by atomic mass is 10.2. The summed E-state index contributed by atoms with van der Waals surface area (Å²) >= 11 is 0. The molecule has 0 heterocycles. The molecule has 0 saturated carbocycles. The Morgan fingerprint density at radius 2 is 2.20 bits per heavy atom. The van der Waals surface area contributed by atoms with Crippen LogP contribution in [0.25, 0.3) is 0 Å². The number of para-hydroxylation sites is 2. The van der Waals surface area contributed by atoms with E-state index in [1.807, 2.05) is 12.1 Å². The van der Waals surface area contributed by atoms with Gasteiger partial charge in [-0.2, -0.15) is 5.26 Å². The van der Waals surface area contributed by atoms with Crippen molar-refractivity contribution in [3.8, 4) is 11.8 Å². The van der Waals surface area contributed by atoms with Gasteiger partial charge in [-0.1, -0.05) is 12.1 Å². The molecule has 0 radical (unpaired) electrons. The van der Waals surface area contributed by atoms with Gasteiger partial charge < -0.3 is 10.1 Å². The van der Waals surface area contributed by atoms with Crippen molar-refractivity contribution in [3.05, 3.63) is 24.3 Å². The molecule has 1 atom stereocenters. The van der Waals surface area contributed by atoms with Crippen LogP contribution in [0.5, 0.6) is 5.75 Å². The number of amides is 1. The summed E-state index contributed by atoms with van der Waals surface area (Å²) in [5, 5.41) is 11.2. The van der Waals surface area contributed by atoms with Crippen LogP contribution in [-0.2, 0) is 4.79 Å². The highest BCUT2D eigenvalue weighted by Gasteiger charge is 2.13. The minimum absolute atomic E-state index is 0.331. The number of nitrogens with one attached hydrogen (secondary N) is 1. The number of ether oxygens (including phenoxy) is 1. The second-order valence-corrected chi connectivity index (χ2v) is 3.04. The van der Waals surface area contributed by atoms with Crippen molar-refractivity contribution < 1.29 is 9.53 Å². The van der Waals surface area contributed by atoms with Crippen LogP contribution in [0.3, 0.4) is 0 Å². The summed E-state index contributed by atoms with van der Waals surface area (Å²) < 4.78 is 5.06. The minimum Gasteiger partial charge on any atom is -0.495 e. The van der Waals surface area contributed by atoms with E-state index in [-0.39, 0.29) is 5.91 Å². The number of nitrogens with zero attached hydrogens (tertiary/aromatic N) is 1. The largest absolute Gasteiger partial charge is 0.495 e. The van der Waals surface area contributed by atoms with Crippen LogP contribution in [0.4, 0.5) is 5.69 Å². The Bertz CT molecular complexity index is 396. The highest BCUT2D eigenvalue weighted by Crippen LogP contribution is 2.23. The van der Waals surface area contributed by atoms with E-state index in [2.05, 4.69) is 5.32 Å². The number of hydrogen-bond acceptors (Lipinski definition) is 3. The van der Waals surface area contributed by atoms with Gasteiger partial charge in [0, 0.05) is 0 Å². The van der Waals surface area contributed by atoms with E-state index in [1.165, 1.54) is 7.11 Å². The Morgan fingerprint density at radius 1 is 1.53 bits per heavy atom. The van der Waals surface area contributed by atoms with Crippen molar-refractivity contribution in [2.75, 3.05) is 12.4 Å². The summed E-state index contributed by atoms with van der Waals surface area (Å²) in [7, 11) is 1.53. The molecule has 0 aromatic heterocycles. The first kappa shape index (κ1) is 11.1. The highest BCUT2D eigenvalue weighted by atomic mass is 16.5. The van der Waals surface area contributed by atoms with Crippen molar-refractivity contribution in [2.24, 2.45) is 5.92 Å². The lowest BCUT2D eigenvalue weighted by molar-refractivity contribution is -0.117. The molecule has 0 fully saturated rings. The number of benzene rings is 1. The number of anilines is 1. The third-order valence-electron chi connectivity index (χ3n) is 1.95. The summed E-state index contributed by atoms with van der Waals surface area (Å²) in [6.07, 6.45) is 0. The predicted molar refractivity (Wildman–Crippen MR) is 56.4 cm³/mol. The predicted octanol–water partition coefficient (Wildman–Crippen LogP) is 1.79. The molecular weight excluding hydrogens is 192 g/mol. The zero-order valence-corrected chi connectivity index (χ0v) is 8.65. The summed E-state index contributed by atoms with van der Waals surface area (Å²) in [6, 6.07) is 8.93. The van der Waals surface area contributed by atoms with Crippen LogP contribution in [0.2, 0.25) is 0 Å². The van der Waals surface area contributed by atoms with Gasteiger partial charge in [-0.3, -0.25) is 4.79 Å². The fourth-order valence-electron chi connectivity index (χ4n) is 1.05. The molecule has 0 spiro atoms. The van der Waals surface area contributed by atoms with Crippen molar-refractivity contribution >= 4 is 11.6 Å². The Hall–Kier alpha value is -2.02. The molecule has 15 heavy (non-hydrogen) atoms. The van der Waals surface area contributed by atoms with Gasteiger partial charge in [-0.05, 0) is 19.1 Å². The average molecular weight is 204 g/mol. The summed E-state index contributed by atoms with van der Waals surface area (Å²) in [5.74, 6) is -0.423. The van der Waals surface area contributed by atoms with Crippen LogP contribution >= 0.6 is 0 Å². The molecule has 1 aromatic carbocycles. The zero-order valence-electron chi connectivity index (χ0n) is 8.65. The molecule has 0 aliphatic rings. The summed E-state index contributed by atoms with van der Waals surface area (Å²) in [5.41, 5.74) is 0.576. The second-order valence-electron chi connectivity index (χ2n) is 3.04. The first-order valence-corrected chi connectivity index (χ1v) is 4.52. The van der Waals surface area contributed by atoms with Crippen LogP contribution < -0.4 is 10.1 Å². The van der Waals surface area contributed by atoms with Crippen molar-refractivity contribution in [1.29, 1.82) is 5.26 Å². The van der Waals surface area contributed by atoms with Crippen LogP contribution in [0, 0.1) is 17.2 Å². The topological polar surface area (TPSA) is 62.1 Å². The Kier molecular flexibility index (Phi) is 3.69. The quantitative estimate of drug-likeness (QED) is 0.816. The Labute approximate surface area is 88.5 Å². The Balaban J connectivity index is 2.81. The first-order valence-electron chi connectivity index (χ1n) is 4.52. The highest BCUT2D eigenvalue weighted by molar-refractivity contribution is 5.95. The maximum absolute atomic E-state index is 11.4. The van der Waals surface area contributed by atoms with E-state index in [1.54, 1.807) is 25.1 Å². The number of hydrogen-bond donors (Lipinski definition) is 1. The van der Waals surface area contributed by atoms with Gasteiger partial charge >= 0.3 is 0 Å². The molecule has 78 valence electrons. The molecule has 4 nitrogen and oxygen atoms in total. The van der Waals surface area contributed by atoms with Crippen LogP contribution in [0.1, 0.15) is 6.92 Å². The van der Waals surface area contributed by atoms with Crippen molar-refractivity contribution in [3.63, 3.8) is 0 Å². The van der Waals surface area contributed by atoms with E-state index >= 15 is 0 Å². The van der Waals surface area contributed by atoms with E-state index in [0.29, 0.717) is 11.4 Å². The SMILES string of the molecule is COc1ccccc1NC(=O)C(C)C#N. The molecule has 1 N–H and O–H groups in total. The van der Waals surface area contributed by atoms with Crippen LogP contribution in [0.15, 0.2) is 24.3 Å². The summed E-state index contributed by atoms with van der Waals surface area (Å²) in [4.78, 5) is 11.4. The third kappa shape index (κ3) is 2.71. The van der Waals surface area contributed by atoms with Gasteiger partial charge in [-0.15, -0.1) is 0 Å². The molecular formula is C11H12N2O2. The lowest BCUT2D eigenvalue weighted by Gasteiger charge is -2.10. The smallest absolute Gasteiger partial charge is 0.241 e. The van der Waals surface area contributed by atoms with Crippen LogP contribution in [-0.4, -0.2) is 13.0 Å². The van der Waals surface area contributed by atoms with E-state index in [9.17, 15) is 4.79 Å². The summed E-state index contributed by atoms with van der Waals surface area (Å²) in [6.45, 7) is 1.55. The molecule has 0 aliphatic carbocycles. The Morgan fingerprint density at radius 3 is 2.80 bits per heavy atom. The number of nitriles is 1. The normalized spacial score (nSPS) is 11.3. The zero-order chi connectivity index (χ0) is 11.3. The number of carbonyl (C=O) groups is 1. The van der Waals surface area contributed by atoms with Crippen molar-refractivity contribution in [2.45, 2.75) is 6.92 Å². The monoisotopic (exact) mass is 204 g/mol. The van der Waals surface area contributed by atoms with Crippen molar-refractivity contribution in [1.82, 2.24) is 0 Å². The average Bonchev–Trinajstić information content (AvgIpc) is 2.28. The fraction of sp³-hybridized carbons (Fsp3) is 0.273. The standard InChI is InChI=1S/C11H12N2O2/c1-8(7-12)11(14)13-9-5-3-4-6-10(9)15-2/h3-6,8H,1-2H3,(H,13,14). The number of carbonyl (C=O) groups excluding carboxylic acids is 1. The second kappa shape index (κ2) is 5.01. The molecule has 0 aliphatic heterocycles. The number of methoxy groups -OCH3 is 1. The van der Waals surface area contributed by atoms with E-state index < -0.39 is 5.92 Å². The van der Waals surface area contributed by atoms with Gasteiger partial charge in [0.25, 0.3) is 0 Å². The molecule has 1 amide bonds. The van der Waals surface area contributed by atoms with Gasteiger partial charge in [0.2, 0.25) is 5.91 Å². The number of rotatable bonds is 3. The van der Waals surface area contributed by atoms with E-state index in [0.717, 1.165) is 0 Å². The van der Waals surface area contributed by atoms with Gasteiger partial charge in [0.05, 0.1) is 18.9 Å². The van der Waals surface area contributed by atoms with E-state index in [4.69, 9.17) is 10.00 Å². The molecule has 1 rings (SSSR count). The minimum atomic E-state index is -0.671. The maximum atomic E-state index is 11.4. The molecule has 1 unspecified atom stereocenters. The first-order chi connectivity index (χ1) is 7.19. The third-order valence-corrected chi connectivity index (χ3v) is 1.95. The maximum Gasteiger partial charge on any atom is 0.241 e.